The number of carbonyl (C=O) groups excluding carboxylic acids is 1. The minimum atomic E-state index is -0.553. The number of halogens is 3. The van der Waals surface area contributed by atoms with E-state index >= 15 is 0 Å². The maximum atomic E-state index is 12.2. The number of anilines is 1. The maximum Gasteiger partial charge on any atom is 0.267 e. The number of nitrogens with one attached hydrogen (secondary N) is 2. The van der Waals surface area contributed by atoms with Crippen LogP contribution in [0.2, 0.25) is 10.0 Å². The summed E-state index contributed by atoms with van der Waals surface area (Å²) in [5, 5.41) is 15.3. The molecule has 2 rings (SSSR count). The Kier molecular flexibility index (Phi) is 7.32. The highest BCUT2D eigenvalue weighted by atomic mass is 79.9. The molecule has 0 aliphatic carbocycles. The zero-order chi connectivity index (χ0) is 18.2. The van der Waals surface area contributed by atoms with Crippen LogP contribution >= 0.6 is 39.1 Å². The fraction of sp³-hybridized carbons (Fsp3) is 0.111. The third-order valence-electron chi connectivity index (χ3n) is 3.28. The fourth-order valence-electron chi connectivity index (χ4n) is 1.98. The van der Waals surface area contributed by atoms with Gasteiger partial charge in [-0.05, 0) is 36.2 Å². The molecule has 2 aromatic carbocycles. The van der Waals surface area contributed by atoms with Crippen molar-refractivity contribution in [1.82, 2.24) is 5.32 Å². The molecule has 0 fully saturated rings. The second-order valence-electron chi connectivity index (χ2n) is 5.06. The SMILES string of the molecule is N#C/C(=C/NCCc1ccc(Br)cc1)C(=O)Nc1cccc(Cl)c1Cl. The molecular weight excluding hydrogens is 425 g/mol. The number of amides is 1. The van der Waals surface area contributed by atoms with E-state index in [4.69, 9.17) is 28.5 Å². The van der Waals surface area contributed by atoms with Crippen LogP contribution in [0.5, 0.6) is 0 Å². The second-order valence-corrected chi connectivity index (χ2v) is 6.76. The molecule has 128 valence electrons. The molecule has 4 nitrogen and oxygen atoms in total. The largest absolute Gasteiger partial charge is 0.389 e. The van der Waals surface area contributed by atoms with E-state index in [2.05, 4.69) is 26.6 Å². The van der Waals surface area contributed by atoms with Crippen LogP contribution in [-0.4, -0.2) is 12.5 Å². The van der Waals surface area contributed by atoms with Crippen LogP contribution in [0.3, 0.4) is 0 Å². The predicted molar refractivity (Wildman–Crippen MR) is 105 cm³/mol. The summed E-state index contributed by atoms with van der Waals surface area (Å²) >= 11 is 15.3. The lowest BCUT2D eigenvalue weighted by molar-refractivity contribution is -0.112. The van der Waals surface area contributed by atoms with E-state index in [0.29, 0.717) is 17.3 Å². The van der Waals surface area contributed by atoms with E-state index in [9.17, 15) is 4.79 Å². The Morgan fingerprint density at radius 3 is 2.60 bits per heavy atom. The molecule has 2 aromatic rings. The van der Waals surface area contributed by atoms with Crippen molar-refractivity contribution in [3.8, 4) is 6.07 Å². The van der Waals surface area contributed by atoms with E-state index in [-0.39, 0.29) is 10.6 Å². The van der Waals surface area contributed by atoms with Crippen LogP contribution in [0.4, 0.5) is 5.69 Å². The van der Waals surface area contributed by atoms with Crippen LogP contribution < -0.4 is 10.6 Å². The van der Waals surface area contributed by atoms with E-state index < -0.39 is 5.91 Å². The zero-order valence-corrected chi connectivity index (χ0v) is 16.1. The van der Waals surface area contributed by atoms with Crippen LogP contribution in [-0.2, 0) is 11.2 Å². The minimum Gasteiger partial charge on any atom is -0.389 e. The molecule has 0 bridgehead atoms. The number of nitrogens with zero attached hydrogens (tertiary/aromatic N) is 1. The molecule has 2 N–H and O–H groups in total. The van der Waals surface area contributed by atoms with Crippen LogP contribution in [0, 0.1) is 11.3 Å². The van der Waals surface area contributed by atoms with Gasteiger partial charge in [0, 0.05) is 17.2 Å². The third kappa shape index (κ3) is 5.79. The smallest absolute Gasteiger partial charge is 0.267 e. The van der Waals surface area contributed by atoms with Crippen LogP contribution in [0.15, 0.2) is 58.7 Å². The standard InChI is InChI=1S/C18H14BrCl2N3O/c19-14-6-4-12(5-7-14)8-9-23-11-13(10-22)18(25)24-16-3-1-2-15(20)17(16)21/h1-7,11,23H,8-9H2,(H,24,25)/b13-11-. The average Bonchev–Trinajstić information content (AvgIpc) is 2.60. The van der Waals surface area contributed by atoms with Crippen LogP contribution in [0.1, 0.15) is 5.56 Å². The molecule has 0 aromatic heterocycles. The molecule has 0 heterocycles. The molecule has 7 heteroatoms. The Morgan fingerprint density at radius 2 is 1.92 bits per heavy atom. The highest BCUT2D eigenvalue weighted by Crippen LogP contribution is 2.29. The van der Waals surface area contributed by atoms with Crippen molar-refractivity contribution in [3.63, 3.8) is 0 Å². The number of carbonyl (C=O) groups is 1. The summed E-state index contributed by atoms with van der Waals surface area (Å²) in [6.45, 7) is 0.595. The fourth-order valence-corrected chi connectivity index (χ4v) is 2.59. The number of hydrogen-bond donors (Lipinski definition) is 2. The summed E-state index contributed by atoms with van der Waals surface area (Å²) < 4.78 is 1.02. The molecular formula is C18H14BrCl2N3O. The highest BCUT2D eigenvalue weighted by molar-refractivity contribution is 9.10. The first-order chi connectivity index (χ1) is 12.0. The highest BCUT2D eigenvalue weighted by Gasteiger charge is 2.12. The number of rotatable bonds is 6. The molecule has 1 amide bonds. The summed E-state index contributed by atoms with van der Waals surface area (Å²) in [5.41, 5.74) is 1.46. The van der Waals surface area contributed by atoms with Gasteiger partial charge in [-0.1, -0.05) is 57.3 Å². The molecule has 0 atom stereocenters. The van der Waals surface area contributed by atoms with Gasteiger partial charge in [-0.2, -0.15) is 5.26 Å². The quantitative estimate of drug-likeness (QED) is 0.381. The van der Waals surface area contributed by atoms with Gasteiger partial charge >= 0.3 is 0 Å². The molecule has 0 radical (unpaired) electrons. The lowest BCUT2D eigenvalue weighted by atomic mass is 10.1. The average molecular weight is 439 g/mol. The predicted octanol–water partition coefficient (Wildman–Crippen LogP) is 4.93. The lowest BCUT2D eigenvalue weighted by Crippen LogP contribution is -2.18. The Morgan fingerprint density at radius 1 is 1.20 bits per heavy atom. The lowest BCUT2D eigenvalue weighted by Gasteiger charge is -2.08. The summed E-state index contributed by atoms with van der Waals surface area (Å²) in [5.74, 6) is -0.553. The van der Waals surface area contributed by atoms with E-state index in [1.165, 1.54) is 6.20 Å². The summed E-state index contributed by atoms with van der Waals surface area (Å²) in [7, 11) is 0. The Balaban J connectivity index is 1.92. The van der Waals surface area contributed by atoms with Crippen molar-refractivity contribution in [2.45, 2.75) is 6.42 Å². The monoisotopic (exact) mass is 437 g/mol. The first-order valence-corrected chi connectivity index (χ1v) is 8.89. The number of benzene rings is 2. The van der Waals surface area contributed by atoms with Crippen molar-refractivity contribution >= 4 is 50.7 Å². The second kappa shape index (κ2) is 9.47. The van der Waals surface area contributed by atoms with E-state index in [1.54, 1.807) is 18.2 Å². The Bertz CT molecular complexity index is 829. The van der Waals surface area contributed by atoms with Crippen molar-refractivity contribution in [1.29, 1.82) is 5.26 Å². The van der Waals surface area contributed by atoms with Gasteiger partial charge in [0.1, 0.15) is 11.6 Å². The van der Waals surface area contributed by atoms with Gasteiger partial charge in [-0.25, -0.2) is 0 Å². The van der Waals surface area contributed by atoms with E-state index in [0.717, 1.165) is 16.5 Å². The maximum absolute atomic E-state index is 12.2. The summed E-state index contributed by atoms with van der Waals surface area (Å²) in [6.07, 6.45) is 2.16. The first kappa shape index (κ1) is 19.3. The summed E-state index contributed by atoms with van der Waals surface area (Å²) in [6, 6.07) is 14.7. The molecule has 0 aliphatic heterocycles. The van der Waals surface area contributed by atoms with Gasteiger partial charge in [0.2, 0.25) is 0 Å². The minimum absolute atomic E-state index is 0.0492. The van der Waals surface area contributed by atoms with Crippen molar-refractivity contribution in [2.24, 2.45) is 0 Å². The first-order valence-electron chi connectivity index (χ1n) is 7.34. The van der Waals surface area contributed by atoms with Gasteiger partial charge in [0.15, 0.2) is 0 Å². The van der Waals surface area contributed by atoms with Gasteiger partial charge in [-0.3, -0.25) is 4.79 Å². The van der Waals surface area contributed by atoms with Gasteiger partial charge in [-0.15, -0.1) is 0 Å². The molecule has 0 unspecified atom stereocenters. The zero-order valence-electron chi connectivity index (χ0n) is 13.0. The number of hydrogen-bond acceptors (Lipinski definition) is 3. The van der Waals surface area contributed by atoms with Crippen molar-refractivity contribution in [3.05, 3.63) is 74.3 Å². The Labute approximate surface area is 164 Å². The molecule has 25 heavy (non-hydrogen) atoms. The van der Waals surface area contributed by atoms with Gasteiger partial charge in [0.25, 0.3) is 5.91 Å². The van der Waals surface area contributed by atoms with E-state index in [1.807, 2.05) is 30.3 Å². The van der Waals surface area contributed by atoms with Crippen molar-refractivity contribution < 1.29 is 4.79 Å². The van der Waals surface area contributed by atoms with Crippen molar-refractivity contribution in [2.75, 3.05) is 11.9 Å². The molecule has 0 spiro atoms. The number of nitriles is 1. The van der Waals surface area contributed by atoms with Gasteiger partial charge in [0.05, 0.1) is 15.7 Å². The Hall–Kier alpha value is -2.00. The van der Waals surface area contributed by atoms with Gasteiger partial charge < -0.3 is 10.6 Å². The molecule has 0 saturated carbocycles. The normalized spacial score (nSPS) is 10.9. The van der Waals surface area contributed by atoms with Crippen LogP contribution in [0.25, 0.3) is 0 Å². The molecule has 0 saturated heterocycles. The molecule has 0 aliphatic rings. The summed E-state index contributed by atoms with van der Waals surface area (Å²) in [4.78, 5) is 12.2. The topological polar surface area (TPSA) is 64.9 Å². The third-order valence-corrected chi connectivity index (χ3v) is 4.63.